The molecule has 1 aliphatic rings. The van der Waals surface area contributed by atoms with E-state index in [2.05, 4.69) is 45.7 Å². The molecule has 0 unspecified atom stereocenters. The van der Waals surface area contributed by atoms with Crippen molar-refractivity contribution in [2.45, 2.75) is 6.54 Å². The predicted molar refractivity (Wildman–Crippen MR) is 98.5 cm³/mol. The van der Waals surface area contributed by atoms with Gasteiger partial charge in [-0.15, -0.1) is 0 Å². The lowest BCUT2D eigenvalue weighted by Crippen LogP contribution is -2.45. The smallest absolute Gasteiger partial charge is 0.319 e. The number of hydrogen-bond acceptors (Lipinski definition) is 3. The molecule has 0 radical (unpaired) electrons. The zero-order valence-electron chi connectivity index (χ0n) is 14.0. The topological polar surface area (TPSA) is 47.6 Å². The van der Waals surface area contributed by atoms with Crippen LogP contribution in [0.1, 0.15) is 5.56 Å². The first-order chi connectivity index (χ1) is 11.7. The highest BCUT2D eigenvalue weighted by Crippen LogP contribution is 2.21. The quantitative estimate of drug-likeness (QED) is 0.909. The van der Waals surface area contributed by atoms with Crippen molar-refractivity contribution in [1.29, 1.82) is 0 Å². The highest BCUT2D eigenvalue weighted by Gasteiger charge is 2.16. The van der Waals surface area contributed by atoms with Crippen LogP contribution in [0.15, 0.2) is 54.6 Å². The summed E-state index contributed by atoms with van der Waals surface area (Å²) < 4.78 is 0. The highest BCUT2D eigenvalue weighted by molar-refractivity contribution is 5.89. The van der Waals surface area contributed by atoms with Crippen molar-refractivity contribution in [3.05, 3.63) is 60.2 Å². The lowest BCUT2D eigenvalue weighted by Gasteiger charge is -2.35. The Morgan fingerprint density at radius 2 is 1.62 bits per heavy atom. The SMILES string of the molecule is CN1CCN(c2ccccc2CNC(=O)Nc2ccccc2)CC1. The van der Waals surface area contributed by atoms with Gasteiger partial charge in [-0.25, -0.2) is 4.79 Å². The van der Waals surface area contributed by atoms with Crippen LogP contribution in [0.4, 0.5) is 16.2 Å². The molecule has 0 aliphatic carbocycles. The van der Waals surface area contributed by atoms with Crippen LogP contribution < -0.4 is 15.5 Å². The fraction of sp³-hybridized carbons (Fsp3) is 0.316. The summed E-state index contributed by atoms with van der Waals surface area (Å²) in [6.07, 6.45) is 0. The number of hydrogen-bond donors (Lipinski definition) is 2. The third-order valence-electron chi connectivity index (χ3n) is 4.31. The summed E-state index contributed by atoms with van der Waals surface area (Å²) in [6, 6.07) is 17.6. The number of rotatable bonds is 4. The highest BCUT2D eigenvalue weighted by atomic mass is 16.2. The third-order valence-corrected chi connectivity index (χ3v) is 4.31. The van der Waals surface area contributed by atoms with Gasteiger partial charge < -0.3 is 20.4 Å². The fourth-order valence-electron chi connectivity index (χ4n) is 2.89. The molecule has 24 heavy (non-hydrogen) atoms. The Hall–Kier alpha value is -2.53. The first-order valence-corrected chi connectivity index (χ1v) is 8.33. The van der Waals surface area contributed by atoms with Gasteiger partial charge in [0.1, 0.15) is 0 Å². The molecule has 5 nitrogen and oxygen atoms in total. The number of benzene rings is 2. The molecule has 1 heterocycles. The van der Waals surface area contributed by atoms with E-state index in [9.17, 15) is 4.79 Å². The van der Waals surface area contributed by atoms with E-state index in [-0.39, 0.29) is 6.03 Å². The van der Waals surface area contributed by atoms with Crippen molar-refractivity contribution >= 4 is 17.4 Å². The Kier molecular flexibility index (Phi) is 5.33. The predicted octanol–water partition coefficient (Wildman–Crippen LogP) is 2.76. The van der Waals surface area contributed by atoms with Crippen molar-refractivity contribution in [2.24, 2.45) is 0 Å². The molecule has 0 saturated carbocycles. The zero-order valence-corrected chi connectivity index (χ0v) is 14.0. The number of piperazine rings is 1. The van der Waals surface area contributed by atoms with Crippen molar-refractivity contribution in [2.75, 3.05) is 43.4 Å². The molecule has 0 aromatic heterocycles. The summed E-state index contributed by atoms with van der Waals surface area (Å²) in [5.74, 6) is 0. The van der Waals surface area contributed by atoms with Gasteiger partial charge in [0.05, 0.1) is 0 Å². The Morgan fingerprint density at radius 3 is 2.38 bits per heavy atom. The van der Waals surface area contributed by atoms with E-state index in [0.29, 0.717) is 6.54 Å². The Labute approximate surface area is 143 Å². The van der Waals surface area contributed by atoms with E-state index in [0.717, 1.165) is 37.4 Å². The first kappa shape index (κ1) is 16.3. The summed E-state index contributed by atoms with van der Waals surface area (Å²) in [7, 11) is 2.15. The monoisotopic (exact) mass is 324 g/mol. The van der Waals surface area contributed by atoms with Gasteiger partial charge in [0.25, 0.3) is 0 Å². The molecule has 1 fully saturated rings. The molecular formula is C19H24N4O. The number of likely N-dealkylation sites (N-methyl/N-ethyl adjacent to an activating group) is 1. The Bertz CT molecular complexity index is 666. The standard InChI is InChI=1S/C19H24N4O/c1-22-11-13-23(14-12-22)18-10-6-5-7-16(18)15-20-19(24)21-17-8-3-2-4-9-17/h2-10H,11-15H2,1H3,(H2,20,21,24). The maximum absolute atomic E-state index is 12.1. The zero-order chi connectivity index (χ0) is 16.8. The molecule has 3 rings (SSSR count). The van der Waals surface area contributed by atoms with Crippen LogP contribution in [0.5, 0.6) is 0 Å². The number of urea groups is 1. The molecule has 5 heteroatoms. The van der Waals surface area contributed by atoms with Gasteiger partial charge >= 0.3 is 6.03 Å². The van der Waals surface area contributed by atoms with Crippen molar-refractivity contribution in [3.8, 4) is 0 Å². The molecule has 2 amide bonds. The van der Waals surface area contributed by atoms with Crippen LogP contribution in [0.3, 0.4) is 0 Å². The van der Waals surface area contributed by atoms with Gasteiger partial charge in [-0.2, -0.15) is 0 Å². The average molecular weight is 324 g/mol. The van der Waals surface area contributed by atoms with E-state index >= 15 is 0 Å². The molecule has 126 valence electrons. The number of anilines is 2. The van der Waals surface area contributed by atoms with Gasteiger partial charge in [-0.05, 0) is 30.8 Å². The Balaban J connectivity index is 1.60. The molecule has 0 bridgehead atoms. The average Bonchev–Trinajstić information content (AvgIpc) is 2.62. The van der Waals surface area contributed by atoms with Crippen LogP contribution in [0.2, 0.25) is 0 Å². The second-order valence-electron chi connectivity index (χ2n) is 6.09. The van der Waals surface area contributed by atoms with Gasteiger partial charge in [0.15, 0.2) is 0 Å². The van der Waals surface area contributed by atoms with Crippen molar-refractivity contribution in [3.63, 3.8) is 0 Å². The first-order valence-electron chi connectivity index (χ1n) is 8.33. The molecule has 2 N–H and O–H groups in total. The summed E-state index contributed by atoms with van der Waals surface area (Å²) in [6.45, 7) is 4.68. The molecule has 1 saturated heterocycles. The number of amides is 2. The largest absolute Gasteiger partial charge is 0.369 e. The maximum Gasteiger partial charge on any atom is 0.319 e. The second-order valence-corrected chi connectivity index (χ2v) is 6.09. The van der Waals surface area contributed by atoms with E-state index in [1.54, 1.807) is 0 Å². The minimum absolute atomic E-state index is 0.186. The second kappa shape index (κ2) is 7.84. The van der Waals surface area contributed by atoms with Crippen LogP contribution >= 0.6 is 0 Å². The molecule has 2 aromatic carbocycles. The number of carbonyl (C=O) groups is 1. The fourth-order valence-corrected chi connectivity index (χ4v) is 2.89. The molecular weight excluding hydrogens is 300 g/mol. The summed E-state index contributed by atoms with van der Waals surface area (Å²) in [5, 5.41) is 5.80. The van der Waals surface area contributed by atoms with Crippen LogP contribution in [-0.4, -0.2) is 44.2 Å². The van der Waals surface area contributed by atoms with Crippen LogP contribution in [0.25, 0.3) is 0 Å². The minimum atomic E-state index is -0.186. The van der Waals surface area contributed by atoms with E-state index in [1.165, 1.54) is 5.69 Å². The number of para-hydroxylation sites is 2. The lowest BCUT2D eigenvalue weighted by molar-refractivity contribution is 0.251. The van der Waals surface area contributed by atoms with E-state index in [1.807, 2.05) is 36.4 Å². The minimum Gasteiger partial charge on any atom is -0.369 e. The molecule has 0 atom stereocenters. The summed E-state index contributed by atoms with van der Waals surface area (Å²) >= 11 is 0. The molecule has 1 aliphatic heterocycles. The molecule has 0 spiro atoms. The lowest BCUT2D eigenvalue weighted by atomic mass is 10.1. The van der Waals surface area contributed by atoms with Crippen molar-refractivity contribution < 1.29 is 4.79 Å². The van der Waals surface area contributed by atoms with Gasteiger partial charge in [-0.1, -0.05) is 36.4 Å². The number of carbonyl (C=O) groups excluding carboxylic acids is 1. The van der Waals surface area contributed by atoms with E-state index in [4.69, 9.17) is 0 Å². The van der Waals surface area contributed by atoms with Crippen LogP contribution in [-0.2, 0) is 6.54 Å². The third kappa shape index (κ3) is 4.26. The number of nitrogens with zero attached hydrogens (tertiary/aromatic N) is 2. The summed E-state index contributed by atoms with van der Waals surface area (Å²) in [5.41, 5.74) is 3.15. The van der Waals surface area contributed by atoms with E-state index < -0.39 is 0 Å². The van der Waals surface area contributed by atoms with Gasteiger partial charge in [-0.3, -0.25) is 0 Å². The summed E-state index contributed by atoms with van der Waals surface area (Å²) in [4.78, 5) is 16.8. The van der Waals surface area contributed by atoms with Crippen LogP contribution in [0, 0.1) is 0 Å². The normalized spacial score (nSPS) is 15.1. The van der Waals surface area contributed by atoms with Gasteiger partial charge in [0, 0.05) is 44.1 Å². The number of nitrogens with one attached hydrogen (secondary N) is 2. The maximum atomic E-state index is 12.1. The molecule has 2 aromatic rings. The Morgan fingerprint density at radius 1 is 0.958 bits per heavy atom. The van der Waals surface area contributed by atoms with Crippen molar-refractivity contribution in [1.82, 2.24) is 10.2 Å². The van der Waals surface area contributed by atoms with Gasteiger partial charge in [0.2, 0.25) is 0 Å².